The maximum absolute atomic E-state index is 11.6. The van der Waals surface area contributed by atoms with Gasteiger partial charge in [-0.25, -0.2) is 0 Å². The largest absolute Gasteiger partial charge is 0.468 e. The quantitative estimate of drug-likeness (QED) is 0.621. The summed E-state index contributed by atoms with van der Waals surface area (Å²) in [5.74, 6) is -0.771. The predicted octanol–water partition coefficient (Wildman–Crippen LogP) is 1.80. The molecule has 1 aromatic carbocycles. The van der Waals surface area contributed by atoms with Crippen molar-refractivity contribution in [3.63, 3.8) is 0 Å². The highest BCUT2D eigenvalue weighted by Crippen LogP contribution is 2.19. The van der Waals surface area contributed by atoms with Crippen LogP contribution < -0.4 is 0 Å². The van der Waals surface area contributed by atoms with E-state index in [0.29, 0.717) is 0 Å². The lowest BCUT2D eigenvalue weighted by Crippen LogP contribution is -2.12. The molecule has 1 unspecified atom stereocenters. The highest BCUT2D eigenvalue weighted by Gasteiger charge is 2.17. The Labute approximate surface area is 95.4 Å². The van der Waals surface area contributed by atoms with Crippen LogP contribution in [0.25, 0.3) is 0 Å². The van der Waals surface area contributed by atoms with Crippen molar-refractivity contribution in [1.82, 2.24) is 0 Å². The van der Waals surface area contributed by atoms with Crippen LogP contribution in [0.5, 0.6) is 0 Å². The van der Waals surface area contributed by atoms with Crippen LogP contribution >= 0.6 is 0 Å². The zero-order chi connectivity index (χ0) is 12.0. The van der Waals surface area contributed by atoms with Crippen LogP contribution in [0.15, 0.2) is 36.4 Å². The van der Waals surface area contributed by atoms with Crippen LogP contribution in [-0.4, -0.2) is 24.8 Å². The van der Waals surface area contributed by atoms with Gasteiger partial charge in [-0.15, -0.1) is 0 Å². The van der Waals surface area contributed by atoms with Gasteiger partial charge < -0.3 is 9.84 Å². The number of methoxy groups -OCH3 is 1. The molecule has 1 rings (SSSR count). The predicted molar refractivity (Wildman–Crippen MR) is 62.2 cm³/mol. The number of carbonyl (C=O) groups excluding carboxylic acids is 1. The number of ether oxygens (including phenoxy) is 1. The van der Waals surface area contributed by atoms with Crippen molar-refractivity contribution >= 4 is 5.97 Å². The molecule has 1 N–H and O–H groups in total. The van der Waals surface area contributed by atoms with Crippen LogP contribution in [0.4, 0.5) is 0 Å². The Hall–Kier alpha value is -1.61. The Kier molecular flexibility index (Phi) is 4.73. The van der Waals surface area contributed by atoms with Crippen LogP contribution in [0.1, 0.15) is 17.0 Å². The highest BCUT2D eigenvalue weighted by molar-refractivity contribution is 5.80. The second kappa shape index (κ2) is 6.08. The first-order valence-electron chi connectivity index (χ1n) is 5.11. The van der Waals surface area contributed by atoms with E-state index in [2.05, 4.69) is 0 Å². The normalized spacial score (nSPS) is 12.7. The van der Waals surface area contributed by atoms with Crippen molar-refractivity contribution in [2.75, 3.05) is 13.7 Å². The summed E-state index contributed by atoms with van der Waals surface area (Å²) in [6.07, 6.45) is 3.20. The van der Waals surface area contributed by atoms with E-state index in [1.807, 2.05) is 31.2 Å². The molecule has 3 nitrogen and oxygen atoms in total. The number of carbonyl (C=O) groups is 1. The number of hydrogen-bond donors (Lipinski definition) is 1. The first kappa shape index (κ1) is 12.5. The van der Waals surface area contributed by atoms with Crippen molar-refractivity contribution in [3.05, 3.63) is 47.5 Å². The summed E-state index contributed by atoms with van der Waals surface area (Å²) in [5.41, 5.74) is 1.96. The lowest BCUT2D eigenvalue weighted by atomic mass is 9.97. The molecule has 16 heavy (non-hydrogen) atoms. The van der Waals surface area contributed by atoms with Gasteiger partial charge in [-0.05, 0) is 12.5 Å². The van der Waals surface area contributed by atoms with Crippen molar-refractivity contribution in [1.29, 1.82) is 0 Å². The Bertz CT molecular complexity index is 383. The molecule has 86 valence electrons. The van der Waals surface area contributed by atoms with Gasteiger partial charge in [0, 0.05) is 0 Å². The number of hydrogen-bond acceptors (Lipinski definition) is 3. The minimum atomic E-state index is -0.447. The minimum absolute atomic E-state index is 0.0840. The van der Waals surface area contributed by atoms with Crippen LogP contribution in [0.3, 0.4) is 0 Å². The summed E-state index contributed by atoms with van der Waals surface area (Å²) < 4.78 is 4.73. The van der Waals surface area contributed by atoms with Gasteiger partial charge >= 0.3 is 5.97 Å². The molecular formula is C13H16O3. The van der Waals surface area contributed by atoms with Crippen molar-refractivity contribution in [3.8, 4) is 0 Å². The molecule has 1 aromatic rings. The van der Waals surface area contributed by atoms with Gasteiger partial charge in [-0.3, -0.25) is 4.79 Å². The Morgan fingerprint density at radius 2 is 2.31 bits per heavy atom. The molecule has 0 fully saturated rings. The van der Waals surface area contributed by atoms with Gasteiger partial charge in [0.2, 0.25) is 0 Å². The number of rotatable bonds is 4. The number of benzene rings is 1. The van der Waals surface area contributed by atoms with Gasteiger partial charge in [0.25, 0.3) is 0 Å². The average molecular weight is 220 g/mol. The Balaban J connectivity index is 3.00. The second-order valence-electron chi connectivity index (χ2n) is 3.53. The fourth-order valence-corrected chi connectivity index (χ4v) is 1.51. The van der Waals surface area contributed by atoms with Gasteiger partial charge in [-0.1, -0.05) is 42.0 Å². The van der Waals surface area contributed by atoms with E-state index in [4.69, 9.17) is 9.84 Å². The summed E-state index contributed by atoms with van der Waals surface area (Å²) in [6.45, 7) is 1.88. The van der Waals surface area contributed by atoms with Gasteiger partial charge in [0.15, 0.2) is 0 Å². The van der Waals surface area contributed by atoms with E-state index in [-0.39, 0.29) is 12.6 Å². The van der Waals surface area contributed by atoms with E-state index < -0.39 is 5.92 Å². The summed E-state index contributed by atoms with van der Waals surface area (Å²) in [7, 11) is 1.36. The van der Waals surface area contributed by atoms with E-state index in [1.54, 1.807) is 12.2 Å². The van der Waals surface area contributed by atoms with Crippen LogP contribution in [0.2, 0.25) is 0 Å². The van der Waals surface area contributed by atoms with Crippen molar-refractivity contribution in [2.24, 2.45) is 0 Å². The fourth-order valence-electron chi connectivity index (χ4n) is 1.51. The minimum Gasteiger partial charge on any atom is -0.468 e. The number of aliphatic hydroxyl groups excluding tert-OH is 1. The highest BCUT2D eigenvalue weighted by atomic mass is 16.5. The SMILES string of the molecule is COC(=O)C(/C=C/CO)c1cccc(C)c1. The summed E-state index contributed by atoms with van der Waals surface area (Å²) in [4.78, 5) is 11.6. The molecule has 0 saturated heterocycles. The zero-order valence-corrected chi connectivity index (χ0v) is 9.51. The van der Waals surface area contributed by atoms with Gasteiger partial charge in [0.05, 0.1) is 19.6 Å². The zero-order valence-electron chi connectivity index (χ0n) is 9.51. The van der Waals surface area contributed by atoms with Gasteiger partial charge in [-0.2, -0.15) is 0 Å². The molecule has 3 heteroatoms. The first-order valence-corrected chi connectivity index (χ1v) is 5.11. The van der Waals surface area contributed by atoms with Gasteiger partial charge in [0.1, 0.15) is 0 Å². The summed E-state index contributed by atoms with van der Waals surface area (Å²) in [5, 5.41) is 8.73. The molecule has 0 spiro atoms. The number of aryl methyl sites for hydroxylation is 1. The molecular weight excluding hydrogens is 204 g/mol. The molecule has 0 amide bonds. The standard InChI is InChI=1S/C13H16O3/c1-10-5-3-6-11(9-10)12(7-4-8-14)13(15)16-2/h3-7,9,12,14H,8H2,1-2H3/b7-4+. The molecule has 0 aliphatic carbocycles. The Morgan fingerprint density at radius 3 is 2.88 bits per heavy atom. The third-order valence-corrected chi connectivity index (χ3v) is 2.29. The van der Waals surface area contributed by atoms with E-state index >= 15 is 0 Å². The topological polar surface area (TPSA) is 46.5 Å². The Morgan fingerprint density at radius 1 is 1.56 bits per heavy atom. The number of aliphatic hydroxyl groups is 1. The fraction of sp³-hybridized carbons (Fsp3) is 0.308. The summed E-state index contributed by atoms with van der Waals surface area (Å²) >= 11 is 0. The smallest absolute Gasteiger partial charge is 0.317 e. The molecule has 0 aliphatic heterocycles. The lowest BCUT2D eigenvalue weighted by molar-refractivity contribution is -0.141. The molecule has 0 radical (unpaired) electrons. The molecule has 0 heterocycles. The van der Waals surface area contributed by atoms with Crippen LogP contribution in [-0.2, 0) is 9.53 Å². The first-order chi connectivity index (χ1) is 7.69. The molecule has 0 bridgehead atoms. The second-order valence-corrected chi connectivity index (χ2v) is 3.53. The third kappa shape index (κ3) is 3.21. The summed E-state index contributed by atoms with van der Waals surface area (Å²) in [6, 6.07) is 7.67. The lowest BCUT2D eigenvalue weighted by Gasteiger charge is -2.11. The monoisotopic (exact) mass is 220 g/mol. The molecule has 0 aliphatic rings. The van der Waals surface area contributed by atoms with E-state index in [1.165, 1.54) is 7.11 Å². The van der Waals surface area contributed by atoms with E-state index in [9.17, 15) is 4.79 Å². The van der Waals surface area contributed by atoms with Crippen molar-refractivity contribution < 1.29 is 14.6 Å². The molecule has 0 aromatic heterocycles. The molecule has 1 atom stereocenters. The molecule has 0 saturated carbocycles. The van der Waals surface area contributed by atoms with Crippen LogP contribution in [0, 0.1) is 6.92 Å². The maximum atomic E-state index is 11.6. The maximum Gasteiger partial charge on any atom is 0.317 e. The van der Waals surface area contributed by atoms with E-state index in [0.717, 1.165) is 11.1 Å². The third-order valence-electron chi connectivity index (χ3n) is 2.29. The average Bonchev–Trinajstić information content (AvgIpc) is 2.29. The van der Waals surface area contributed by atoms with Crippen molar-refractivity contribution in [2.45, 2.75) is 12.8 Å². The number of esters is 1.